The molecular formula is C9H18N2S2. The van der Waals surface area contributed by atoms with Gasteiger partial charge in [-0.3, -0.25) is 4.99 Å². The lowest BCUT2D eigenvalue weighted by Gasteiger charge is -2.16. The second-order valence-corrected chi connectivity index (χ2v) is 5.62. The minimum absolute atomic E-state index is 0.589. The zero-order valence-corrected chi connectivity index (χ0v) is 10.2. The van der Waals surface area contributed by atoms with Crippen molar-refractivity contribution < 1.29 is 0 Å². The molecule has 0 aromatic rings. The summed E-state index contributed by atoms with van der Waals surface area (Å²) in [7, 11) is 0. The van der Waals surface area contributed by atoms with Crippen LogP contribution in [0.1, 0.15) is 20.3 Å². The molecule has 1 N–H and O–H groups in total. The minimum Gasteiger partial charge on any atom is -0.361 e. The van der Waals surface area contributed by atoms with Crippen LogP contribution in [0.25, 0.3) is 0 Å². The normalized spacial score (nSPS) is 24.2. The molecule has 2 nitrogen and oxygen atoms in total. The Kier molecular flexibility index (Phi) is 5.02. The largest absolute Gasteiger partial charge is 0.361 e. The SMILES string of the molecule is CCC(CSC)NC1=NCC(C)S1. The van der Waals surface area contributed by atoms with E-state index in [-0.39, 0.29) is 0 Å². The number of amidine groups is 1. The van der Waals surface area contributed by atoms with E-state index in [4.69, 9.17) is 0 Å². The highest BCUT2D eigenvalue weighted by Gasteiger charge is 2.16. The maximum Gasteiger partial charge on any atom is 0.157 e. The lowest BCUT2D eigenvalue weighted by Crippen LogP contribution is -2.33. The van der Waals surface area contributed by atoms with Gasteiger partial charge in [-0.25, -0.2) is 0 Å². The van der Waals surface area contributed by atoms with E-state index in [0.717, 1.165) is 11.7 Å². The van der Waals surface area contributed by atoms with Gasteiger partial charge in [0.2, 0.25) is 0 Å². The molecular weight excluding hydrogens is 200 g/mol. The Balaban J connectivity index is 2.29. The summed E-state index contributed by atoms with van der Waals surface area (Å²) in [6.07, 6.45) is 3.32. The number of hydrogen-bond acceptors (Lipinski definition) is 4. The van der Waals surface area contributed by atoms with Gasteiger partial charge in [-0.1, -0.05) is 25.6 Å². The number of thioether (sulfide) groups is 2. The van der Waals surface area contributed by atoms with Gasteiger partial charge in [-0.15, -0.1) is 0 Å². The highest BCUT2D eigenvalue weighted by molar-refractivity contribution is 8.14. The number of nitrogens with one attached hydrogen (secondary N) is 1. The third-order valence-electron chi connectivity index (χ3n) is 1.99. The fourth-order valence-electron chi connectivity index (χ4n) is 1.19. The second kappa shape index (κ2) is 5.81. The van der Waals surface area contributed by atoms with Crippen LogP contribution in [0.4, 0.5) is 0 Å². The molecule has 1 aliphatic rings. The van der Waals surface area contributed by atoms with E-state index in [0.29, 0.717) is 11.3 Å². The summed E-state index contributed by atoms with van der Waals surface area (Å²) >= 11 is 3.76. The first kappa shape index (κ1) is 11.2. The van der Waals surface area contributed by atoms with Crippen molar-refractivity contribution in [2.75, 3.05) is 18.6 Å². The van der Waals surface area contributed by atoms with Crippen LogP contribution in [0.15, 0.2) is 4.99 Å². The molecule has 76 valence electrons. The van der Waals surface area contributed by atoms with Gasteiger partial charge in [-0.05, 0) is 12.7 Å². The molecule has 1 aliphatic heterocycles. The molecule has 0 radical (unpaired) electrons. The maximum atomic E-state index is 4.45. The smallest absolute Gasteiger partial charge is 0.157 e. The van der Waals surface area contributed by atoms with Gasteiger partial charge >= 0.3 is 0 Å². The average molecular weight is 218 g/mol. The summed E-state index contributed by atoms with van der Waals surface area (Å²) in [5.74, 6) is 1.17. The number of nitrogens with zero attached hydrogens (tertiary/aromatic N) is 1. The number of hydrogen-bond donors (Lipinski definition) is 1. The summed E-state index contributed by atoms with van der Waals surface area (Å²) in [6.45, 7) is 5.42. The Hall–Kier alpha value is 0.170. The Morgan fingerprint density at radius 1 is 1.77 bits per heavy atom. The van der Waals surface area contributed by atoms with E-state index in [1.807, 2.05) is 23.5 Å². The van der Waals surface area contributed by atoms with Gasteiger partial charge in [0.15, 0.2) is 5.17 Å². The van der Waals surface area contributed by atoms with Crippen molar-refractivity contribution in [3.63, 3.8) is 0 Å². The van der Waals surface area contributed by atoms with Crippen molar-refractivity contribution in [1.82, 2.24) is 5.32 Å². The Morgan fingerprint density at radius 2 is 2.54 bits per heavy atom. The van der Waals surface area contributed by atoms with E-state index in [1.54, 1.807) is 0 Å². The summed E-state index contributed by atoms with van der Waals surface area (Å²) in [5.41, 5.74) is 0. The van der Waals surface area contributed by atoms with Crippen LogP contribution in [0.5, 0.6) is 0 Å². The standard InChI is InChI=1S/C9H18N2S2/c1-4-8(6-12-3)11-9-10-5-7(2)13-9/h7-8H,4-6H2,1-3H3,(H,10,11). The number of rotatable bonds is 4. The Bertz CT molecular complexity index is 182. The molecule has 0 saturated carbocycles. The van der Waals surface area contributed by atoms with Crippen molar-refractivity contribution in [3.05, 3.63) is 0 Å². The number of aliphatic imine (C=N–C) groups is 1. The average Bonchev–Trinajstić information content (AvgIpc) is 2.50. The van der Waals surface area contributed by atoms with Crippen molar-refractivity contribution in [2.45, 2.75) is 31.6 Å². The first-order chi connectivity index (χ1) is 6.26. The first-order valence-electron chi connectivity index (χ1n) is 4.72. The first-order valence-corrected chi connectivity index (χ1v) is 7.00. The van der Waals surface area contributed by atoms with Crippen molar-refractivity contribution in [3.8, 4) is 0 Å². The summed E-state index contributed by atoms with van der Waals surface area (Å²) in [4.78, 5) is 4.45. The molecule has 2 atom stereocenters. The molecule has 0 spiro atoms. The van der Waals surface area contributed by atoms with Crippen molar-refractivity contribution >= 4 is 28.7 Å². The molecule has 0 bridgehead atoms. The fourth-order valence-corrected chi connectivity index (χ4v) is 2.83. The highest BCUT2D eigenvalue weighted by Crippen LogP contribution is 2.19. The molecule has 0 aromatic carbocycles. The predicted octanol–water partition coefficient (Wildman–Crippen LogP) is 2.21. The monoisotopic (exact) mass is 218 g/mol. The quantitative estimate of drug-likeness (QED) is 0.783. The topological polar surface area (TPSA) is 24.4 Å². The summed E-state index contributed by atoms with van der Waals surface area (Å²) < 4.78 is 0. The lowest BCUT2D eigenvalue weighted by atomic mass is 10.3. The van der Waals surface area contributed by atoms with Gasteiger partial charge in [0, 0.05) is 17.0 Å². The van der Waals surface area contributed by atoms with E-state index >= 15 is 0 Å². The lowest BCUT2D eigenvalue weighted by molar-refractivity contribution is 0.656. The van der Waals surface area contributed by atoms with Crippen LogP contribution in [0, 0.1) is 0 Å². The van der Waals surface area contributed by atoms with Gasteiger partial charge < -0.3 is 5.32 Å². The van der Waals surface area contributed by atoms with Crippen molar-refractivity contribution in [1.29, 1.82) is 0 Å². The molecule has 0 aromatic heterocycles. The van der Waals surface area contributed by atoms with Gasteiger partial charge in [0.05, 0.1) is 6.54 Å². The third-order valence-corrected chi connectivity index (χ3v) is 3.75. The second-order valence-electron chi connectivity index (χ2n) is 3.28. The Morgan fingerprint density at radius 3 is 3.00 bits per heavy atom. The van der Waals surface area contributed by atoms with Crippen LogP contribution >= 0.6 is 23.5 Å². The van der Waals surface area contributed by atoms with E-state index in [1.165, 1.54) is 12.2 Å². The molecule has 0 amide bonds. The zero-order chi connectivity index (χ0) is 9.68. The molecule has 4 heteroatoms. The molecule has 1 rings (SSSR count). The van der Waals surface area contributed by atoms with Gasteiger partial charge in [-0.2, -0.15) is 11.8 Å². The highest BCUT2D eigenvalue weighted by atomic mass is 32.2. The van der Waals surface area contributed by atoms with Crippen molar-refractivity contribution in [2.24, 2.45) is 4.99 Å². The van der Waals surface area contributed by atoms with Crippen LogP contribution < -0.4 is 5.32 Å². The molecule has 2 unspecified atom stereocenters. The van der Waals surface area contributed by atoms with E-state index in [2.05, 4.69) is 30.4 Å². The molecule has 0 saturated heterocycles. The predicted molar refractivity (Wildman–Crippen MR) is 65.0 cm³/mol. The van der Waals surface area contributed by atoms with Gasteiger partial charge in [0.1, 0.15) is 0 Å². The molecule has 0 fully saturated rings. The third kappa shape index (κ3) is 3.81. The molecule has 13 heavy (non-hydrogen) atoms. The van der Waals surface area contributed by atoms with Crippen LogP contribution in [-0.4, -0.2) is 35.0 Å². The molecule has 0 aliphatic carbocycles. The summed E-state index contributed by atoms with van der Waals surface area (Å²) in [5, 5.41) is 5.30. The van der Waals surface area contributed by atoms with Crippen LogP contribution in [0.2, 0.25) is 0 Å². The van der Waals surface area contributed by atoms with E-state index < -0.39 is 0 Å². The minimum atomic E-state index is 0.589. The summed E-state index contributed by atoms with van der Waals surface area (Å²) in [6, 6.07) is 0.589. The maximum absolute atomic E-state index is 4.45. The van der Waals surface area contributed by atoms with E-state index in [9.17, 15) is 0 Å². The van der Waals surface area contributed by atoms with Crippen LogP contribution in [0.3, 0.4) is 0 Å². The zero-order valence-electron chi connectivity index (χ0n) is 8.54. The van der Waals surface area contributed by atoms with Crippen LogP contribution in [-0.2, 0) is 0 Å². The molecule has 1 heterocycles. The van der Waals surface area contributed by atoms with Gasteiger partial charge in [0.25, 0.3) is 0 Å². The Labute approximate surface area is 89.3 Å². The fraction of sp³-hybridized carbons (Fsp3) is 0.889.